The van der Waals surface area contributed by atoms with Crippen molar-refractivity contribution in [2.75, 3.05) is 13.2 Å². The molecule has 0 aliphatic carbocycles. The van der Waals surface area contributed by atoms with Gasteiger partial charge in [-0.25, -0.2) is 9.59 Å². The number of hydrogen-bond donors (Lipinski definition) is 0. The Morgan fingerprint density at radius 3 is 1.67 bits per heavy atom. The lowest BCUT2D eigenvalue weighted by Gasteiger charge is -2.14. The Kier molecular flexibility index (Phi) is 15.1. The largest absolute Gasteiger partial charge is 0.462 e. The highest BCUT2D eigenvalue weighted by Crippen LogP contribution is 2.58. The topological polar surface area (TPSA) is 205 Å². The minimum Gasteiger partial charge on any atom is -0.462 e. The van der Waals surface area contributed by atoms with E-state index in [-0.39, 0.29) is 70.0 Å². The lowest BCUT2D eigenvalue weighted by Crippen LogP contribution is -2.22. The monoisotopic (exact) mass is 672 g/mol. The van der Waals surface area contributed by atoms with Gasteiger partial charge in [-0.3, -0.25) is 19.2 Å². The average Bonchev–Trinajstić information content (AvgIpc) is 3.48. The van der Waals surface area contributed by atoms with Crippen LogP contribution in [0.1, 0.15) is 39.5 Å². The van der Waals surface area contributed by atoms with E-state index in [9.17, 15) is 39.3 Å². The van der Waals surface area contributed by atoms with Crippen LogP contribution in [-0.4, -0.2) is 61.2 Å². The number of benzene rings is 1. The number of carbonyl (C=O) groups excluding carboxylic acids is 6. The Bertz CT molecular complexity index is 1510. The number of hydrogen-bond acceptors (Lipinski definition) is 16. The van der Waals surface area contributed by atoms with Crippen molar-refractivity contribution >= 4 is 59.3 Å². The molecule has 16 heteroatoms. The molecule has 2 atom stereocenters. The molecule has 1 aromatic carbocycles. The smallest absolute Gasteiger partial charge is 0.330 e. The summed E-state index contributed by atoms with van der Waals surface area (Å²) in [6.45, 7) is 9.11. The Morgan fingerprint density at radius 1 is 0.717 bits per heavy atom. The fourth-order valence-corrected chi connectivity index (χ4v) is 5.68. The average molecular weight is 673 g/mol. The lowest BCUT2D eigenvalue weighted by molar-refractivity contribution is -0.156. The van der Waals surface area contributed by atoms with Gasteiger partial charge < -0.3 is 28.4 Å². The SMILES string of the molecule is C=CC(=O)OCC(C)OC(=O)CCC(=O)Oc1ccc(OC(=O)CCC(=O)OCC(C)OC(=O)C=C)c2c1SC(=C(C#N)C#N)S2. The van der Waals surface area contributed by atoms with Crippen molar-refractivity contribution in [3.8, 4) is 23.6 Å². The molecule has 1 aliphatic rings. The molecule has 1 aromatic rings. The van der Waals surface area contributed by atoms with E-state index in [0.29, 0.717) is 0 Å². The number of ether oxygens (including phenoxy) is 6. The van der Waals surface area contributed by atoms with Gasteiger partial charge in [-0.05, 0) is 26.0 Å². The van der Waals surface area contributed by atoms with Crippen molar-refractivity contribution in [1.82, 2.24) is 0 Å². The summed E-state index contributed by atoms with van der Waals surface area (Å²) >= 11 is 1.90. The molecule has 0 fully saturated rings. The first-order valence-electron chi connectivity index (χ1n) is 13.4. The molecule has 2 unspecified atom stereocenters. The van der Waals surface area contributed by atoms with E-state index < -0.39 is 48.0 Å². The molecule has 1 heterocycles. The zero-order valence-corrected chi connectivity index (χ0v) is 26.4. The van der Waals surface area contributed by atoms with Gasteiger partial charge in [0.15, 0.2) is 0 Å². The van der Waals surface area contributed by atoms with Crippen LogP contribution in [0.5, 0.6) is 11.5 Å². The predicted molar refractivity (Wildman–Crippen MR) is 160 cm³/mol. The van der Waals surface area contributed by atoms with Gasteiger partial charge in [-0.1, -0.05) is 36.7 Å². The number of fused-ring (bicyclic) bond motifs is 1. The maximum absolute atomic E-state index is 12.6. The molecule has 0 amide bonds. The maximum Gasteiger partial charge on any atom is 0.330 e. The van der Waals surface area contributed by atoms with Crippen LogP contribution in [0, 0.1) is 22.7 Å². The molecule has 0 spiro atoms. The summed E-state index contributed by atoms with van der Waals surface area (Å²) in [5.41, 5.74) is -0.216. The van der Waals surface area contributed by atoms with Gasteiger partial charge in [0.05, 0.1) is 39.7 Å². The highest BCUT2D eigenvalue weighted by molar-refractivity contribution is 8.24. The number of allylic oxidation sites excluding steroid dienone is 1. The van der Waals surface area contributed by atoms with Crippen molar-refractivity contribution in [2.45, 2.75) is 61.5 Å². The molecule has 0 aromatic heterocycles. The normalized spacial score (nSPS) is 12.5. The van der Waals surface area contributed by atoms with E-state index in [1.165, 1.54) is 26.0 Å². The number of carbonyl (C=O) groups is 6. The summed E-state index contributed by atoms with van der Waals surface area (Å²) in [5, 5.41) is 18.7. The van der Waals surface area contributed by atoms with Gasteiger partial charge in [0.1, 0.15) is 54.6 Å². The summed E-state index contributed by atoms with van der Waals surface area (Å²) in [6.07, 6.45) is -0.949. The molecule has 0 saturated carbocycles. The Balaban J connectivity index is 2.04. The first kappa shape index (κ1) is 37.1. The minimum atomic E-state index is -0.800. The summed E-state index contributed by atoms with van der Waals surface area (Å²) in [4.78, 5) is 72.1. The second kappa shape index (κ2) is 18.7. The molecule has 0 saturated heterocycles. The van der Waals surface area contributed by atoms with E-state index in [1.54, 1.807) is 12.1 Å². The van der Waals surface area contributed by atoms with Crippen molar-refractivity contribution in [3.05, 3.63) is 47.3 Å². The van der Waals surface area contributed by atoms with Crippen LogP contribution in [0.25, 0.3) is 0 Å². The van der Waals surface area contributed by atoms with Gasteiger partial charge in [0.25, 0.3) is 0 Å². The van der Waals surface area contributed by atoms with Gasteiger partial charge in [-0.15, -0.1) is 0 Å². The van der Waals surface area contributed by atoms with E-state index in [2.05, 4.69) is 13.2 Å². The van der Waals surface area contributed by atoms with E-state index in [4.69, 9.17) is 28.4 Å². The van der Waals surface area contributed by atoms with Gasteiger partial charge in [-0.2, -0.15) is 10.5 Å². The van der Waals surface area contributed by atoms with Crippen LogP contribution in [-0.2, 0) is 47.7 Å². The van der Waals surface area contributed by atoms with Crippen LogP contribution >= 0.6 is 23.5 Å². The third-order valence-electron chi connectivity index (χ3n) is 5.29. The molecule has 0 bridgehead atoms. The quantitative estimate of drug-likeness (QED) is 0.0804. The van der Waals surface area contributed by atoms with Gasteiger partial charge in [0.2, 0.25) is 0 Å². The fraction of sp³-hybridized carbons (Fsp3) is 0.333. The molecular formula is C30H28N2O12S2. The molecule has 0 N–H and O–H groups in total. The van der Waals surface area contributed by atoms with Crippen molar-refractivity contribution in [3.63, 3.8) is 0 Å². The summed E-state index contributed by atoms with van der Waals surface area (Å²) in [7, 11) is 0. The minimum absolute atomic E-state index is 0.0236. The number of rotatable bonds is 16. The first-order chi connectivity index (χ1) is 21.9. The highest BCUT2D eigenvalue weighted by Gasteiger charge is 2.30. The zero-order chi connectivity index (χ0) is 34.2. The molecular weight excluding hydrogens is 644 g/mol. The first-order valence-corrected chi connectivity index (χ1v) is 15.0. The number of nitrogens with zero attached hydrogens (tertiary/aromatic N) is 2. The van der Waals surface area contributed by atoms with Gasteiger partial charge >= 0.3 is 35.8 Å². The number of esters is 6. The second-order valence-corrected chi connectivity index (χ2v) is 11.3. The van der Waals surface area contributed by atoms with E-state index in [1.807, 2.05) is 0 Å². The highest BCUT2D eigenvalue weighted by atomic mass is 32.2. The molecule has 1 aliphatic heterocycles. The third kappa shape index (κ3) is 12.1. The standard InChI is InChI=1S/C30H28N2O12S2/c1-5-22(33)39-15-18(4)42-25(36)11-12-27(38)44-21-8-7-20(28-29(21)46-30(45-28)19(13-31)14-32)43-26(37)10-9-24(35)40-16-17(3)41-23(34)6-2/h5-8,17-18H,1-2,9-12,15-16H2,3-4H3. The molecule has 242 valence electrons. The molecule has 46 heavy (non-hydrogen) atoms. The van der Waals surface area contributed by atoms with E-state index in [0.717, 1.165) is 35.7 Å². The summed E-state index contributed by atoms with van der Waals surface area (Å²) in [5.74, 6) is -4.38. The van der Waals surface area contributed by atoms with Gasteiger partial charge in [0, 0.05) is 12.2 Å². The number of nitriles is 2. The third-order valence-corrected chi connectivity index (χ3v) is 7.92. The summed E-state index contributed by atoms with van der Waals surface area (Å²) < 4.78 is 30.9. The predicted octanol–water partition coefficient (Wildman–Crippen LogP) is 3.84. The van der Waals surface area contributed by atoms with Crippen molar-refractivity contribution < 1.29 is 57.2 Å². The molecule has 2 rings (SSSR count). The van der Waals surface area contributed by atoms with Crippen LogP contribution in [0.2, 0.25) is 0 Å². The Labute approximate surface area is 272 Å². The van der Waals surface area contributed by atoms with Crippen LogP contribution in [0.15, 0.2) is 57.0 Å². The molecule has 14 nitrogen and oxygen atoms in total. The van der Waals surface area contributed by atoms with Crippen molar-refractivity contribution in [2.24, 2.45) is 0 Å². The fourth-order valence-electron chi connectivity index (χ4n) is 3.20. The van der Waals surface area contributed by atoms with E-state index >= 15 is 0 Å². The maximum atomic E-state index is 12.6. The van der Waals surface area contributed by atoms with Crippen LogP contribution < -0.4 is 9.47 Å². The Hall–Kier alpha value is -5.06. The second-order valence-electron chi connectivity index (χ2n) is 9.03. The van der Waals surface area contributed by atoms with Crippen molar-refractivity contribution in [1.29, 1.82) is 10.5 Å². The van der Waals surface area contributed by atoms with Crippen LogP contribution in [0.4, 0.5) is 0 Å². The van der Waals surface area contributed by atoms with Crippen LogP contribution in [0.3, 0.4) is 0 Å². The number of thioether (sulfide) groups is 2. The lowest BCUT2D eigenvalue weighted by atomic mass is 10.3. The summed E-state index contributed by atoms with van der Waals surface area (Å²) in [6, 6.07) is 6.22. The molecule has 0 radical (unpaired) electrons. The zero-order valence-electron chi connectivity index (χ0n) is 24.7. The Morgan fingerprint density at radius 2 is 1.17 bits per heavy atom.